The standard InChI is InChI=1S/C13H15N3OS3/c1-3-18-9-5-4-6-10(11(9)12(14)16-17)20-13-15-8(2)7-19-13/h4-7,17H,3H2,1-2H3,(H2,14,16). The average molecular weight is 325 g/mol. The van der Waals surface area contributed by atoms with Gasteiger partial charge in [0, 0.05) is 26.4 Å². The number of aryl methyl sites for hydroxylation is 1. The average Bonchev–Trinajstić information content (AvgIpc) is 2.84. The van der Waals surface area contributed by atoms with Crippen LogP contribution in [-0.2, 0) is 0 Å². The Morgan fingerprint density at radius 1 is 1.45 bits per heavy atom. The highest BCUT2D eigenvalue weighted by atomic mass is 32.2. The van der Waals surface area contributed by atoms with Gasteiger partial charge < -0.3 is 10.9 Å². The van der Waals surface area contributed by atoms with E-state index in [2.05, 4.69) is 17.1 Å². The van der Waals surface area contributed by atoms with E-state index < -0.39 is 0 Å². The molecule has 1 aromatic carbocycles. The summed E-state index contributed by atoms with van der Waals surface area (Å²) in [6.07, 6.45) is 0. The molecule has 3 N–H and O–H groups in total. The molecule has 0 spiro atoms. The van der Waals surface area contributed by atoms with E-state index in [1.807, 2.05) is 30.5 Å². The van der Waals surface area contributed by atoms with Gasteiger partial charge in [0.15, 0.2) is 10.2 Å². The van der Waals surface area contributed by atoms with Crippen molar-refractivity contribution in [2.45, 2.75) is 28.0 Å². The normalized spacial score (nSPS) is 11.8. The molecule has 1 aromatic heterocycles. The number of thiazole rings is 1. The van der Waals surface area contributed by atoms with Gasteiger partial charge in [-0.1, -0.05) is 29.9 Å². The molecular weight excluding hydrogens is 310 g/mol. The number of aromatic nitrogens is 1. The predicted molar refractivity (Wildman–Crippen MR) is 86.3 cm³/mol. The van der Waals surface area contributed by atoms with E-state index in [1.165, 1.54) is 0 Å². The molecule has 2 aromatic rings. The minimum atomic E-state index is 0.136. The summed E-state index contributed by atoms with van der Waals surface area (Å²) in [7, 11) is 0. The first kappa shape index (κ1) is 15.2. The second-order valence-electron chi connectivity index (χ2n) is 3.90. The van der Waals surface area contributed by atoms with Gasteiger partial charge >= 0.3 is 0 Å². The zero-order valence-corrected chi connectivity index (χ0v) is 13.6. The van der Waals surface area contributed by atoms with Crippen LogP contribution in [0.3, 0.4) is 0 Å². The maximum atomic E-state index is 9.01. The van der Waals surface area contributed by atoms with Crippen LogP contribution in [0.25, 0.3) is 0 Å². The predicted octanol–water partition coefficient (Wildman–Crippen LogP) is 3.81. The SMILES string of the molecule is CCSc1cccc(Sc2nc(C)cs2)c1/C(N)=N/O. The fraction of sp³-hybridized carbons (Fsp3) is 0.231. The quantitative estimate of drug-likeness (QED) is 0.287. The van der Waals surface area contributed by atoms with Gasteiger partial charge in [0.1, 0.15) is 0 Å². The van der Waals surface area contributed by atoms with Crippen molar-refractivity contribution in [3.8, 4) is 0 Å². The van der Waals surface area contributed by atoms with Gasteiger partial charge in [0.25, 0.3) is 0 Å². The first-order valence-corrected chi connectivity index (χ1v) is 8.67. The molecule has 0 saturated carbocycles. The van der Waals surface area contributed by atoms with Crippen molar-refractivity contribution in [2.24, 2.45) is 10.9 Å². The molecule has 106 valence electrons. The number of rotatable bonds is 5. The summed E-state index contributed by atoms with van der Waals surface area (Å²) in [5.74, 6) is 1.06. The van der Waals surface area contributed by atoms with Crippen molar-refractivity contribution in [2.75, 3.05) is 5.75 Å². The highest BCUT2D eigenvalue weighted by Crippen LogP contribution is 2.36. The van der Waals surface area contributed by atoms with Crippen molar-refractivity contribution >= 4 is 40.7 Å². The van der Waals surface area contributed by atoms with Crippen LogP contribution in [0.4, 0.5) is 0 Å². The molecule has 0 fully saturated rings. The third-order valence-electron chi connectivity index (χ3n) is 2.45. The van der Waals surface area contributed by atoms with E-state index >= 15 is 0 Å². The smallest absolute Gasteiger partial charge is 0.172 e. The van der Waals surface area contributed by atoms with Gasteiger partial charge in [-0.05, 0) is 24.8 Å². The summed E-state index contributed by atoms with van der Waals surface area (Å²) in [6.45, 7) is 4.04. The van der Waals surface area contributed by atoms with Gasteiger partial charge in [0.05, 0.1) is 0 Å². The lowest BCUT2D eigenvalue weighted by atomic mass is 10.2. The lowest BCUT2D eigenvalue weighted by Gasteiger charge is -2.11. The van der Waals surface area contributed by atoms with Crippen molar-refractivity contribution in [3.63, 3.8) is 0 Å². The molecular formula is C13H15N3OS3. The Balaban J connectivity index is 2.43. The van der Waals surface area contributed by atoms with E-state index in [9.17, 15) is 0 Å². The largest absolute Gasteiger partial charge is 0.409 e. The van der Waals surface area contributed by atoms with Crippen LogP contribution >= 0.6 is 34.9 Å². The fourth-order valence-corrected chi connectivity index (χ4v) is 4.52. The highest BCUT2D eigenvalue weighted by molar-refractivity contribution is 8.01. The van der Waals surface area contributed by atoms with Crippen molar-refractivity contribution < 1.29 is 5.21 Å². The minimum absolute atomic E-state index is 0.136. The third kappa shape index (κ3) is 3.47. The Morgan fingerprint density at radius 3 is 2.80 bits per heavy atom. The van der Waals surface area contributed by atoms with Gasteiger partial charge in [-0.2, -0.15) is 0 Å². The maximum Gasteiger partial charge on any atom is 0.172 e. The number of thioether (sulfide) groups is 1. The summed E-state index contributed by atoms with van der Waals surface area (Å²) in [4.78, 5) is 6.41. The summed E-state index contributed by atoms with van der Waals surface area (Å²) in [6, 6.07) is 5.93. The van der Waals surface area contributed by atoms with Gasteiger partial charge in [0.2, 0.25) is 0 Å². The number of benzene rings is 1. The van der Waals surface area contributed by atoms with Crippen LogP contribution in [0.2, 0.25) is 0 Å². The molecule has 0 aliphatic rings. The lowest BCUT2D eigenvalue weighted by Crippen LogP contribution is -2.15. The Hall–Kier alpha value is -1.18. The number of hydrogen-bond donors (Lipinski definition) is 2. The molecule has 0 bridgehead atoms. The zero-order valence-electron chi connectivity index (χ0n) is 11.2. The number of hydrogen-bond acceptors (Lipinski definition) is 6. The van der Waals surface area contributed by atoms with Crippen LogP contribution in [0, 0.1) is 6.92 Å². The molecule has 0 saturated heterocycles. The second kappa shape index (κ2) is 7.01. The summed E-state index contributed by atoms with van der Waals surface area (Å²) < 4.78 is 0.952. The first-order chi connectivity index (χ1) is 9.65. The third-order valence-corrected chi connectivity index (χ3v) is 5.50. The molecule has 20 heavy (non-hydrogen) atoms. The minimum Gasteiger partial charge on any atom is -0.409 e. The Bertz CT molecular complexity index is 625. The number of nitrogens with two attached hydrogens (primary N) is 1. The molecule has 7 heteroatoms. The van der Waals surface area contributed by atoms with E-state index in [4.69, 9.17) is 10.9 Å². The number of amidine groups is 1. The molecule has 2 rings (SSSR count). The molecule has 0 unspecified atom stereocenters. The Morgan fingerprint density at radius 2 is 2.20 bits per heavy atom. The summed E-state index contributed by atoms with van der Waals surface area (Å²) in [5, 5.41) is 14.2. The first-order valence-electron chi connectivity index (χ1n) is 5.99. The van der Waals surface area contributed by atoms with Gasteiger partial charge in [-0.25, -0.2) is 4.98 Å². The van der Waals surface area contributed by atoms with Crippen molar-refractivity contribution in [1.29, 1.82) is 0 Å². The molecule has 4 nitrogen and oxygen atoms in total. The Kier molecular flexibility index (Phi) is 5.33. The summed E-state index contributed by atoms with van der Waals surface area (Å²) >= 11 is 4.81. The Labute approximate surface area is 130 Å². The maximum absolute atomic E-state index is 9.01. The second-order valence-corrected chi connectivity index (χ2v) is 7.36. The lowest BCUT2D eigenvalue weighted by molar-refractivity contribution is 0.318. The van der Waals surface area contributed by atoms with Crippen LogP contribution in [-0.4, -0.2) is 21.8 Å². The van der Waals surface area contributed by atoms with Crippen LogP contribution in [0.1, 0.15) is 18.2 Å². The highest BCUT2D eigenvalue weighted by Gasteiger charge is 2.15. The molecule has 0 aliphatic carbocycles. The zero-order chi connectivity index (χ0) is 14.5. The molecule has 0 amide bonds. The molecule has 0 radical (unpaired) electrons. The van der Waals surface area contributed by atoms with Gasteiger partial charge in [-0.3, -0.25) is 0 Å². The number of nitrogens with zero attached hydrogens (tertiary/aromatic N) is 2. The molecule has 0 aliphatic heterocycles. The van der Waals surface area contributed by atoms with Crippen LogP contribution < -0.4 is 5.73 Å². The van der Waals surface area contributed by atoms with E-state index in [1.54, 1.807) is 34.9 Å². The van der Waals surface area contributed by atoms with E-state index in [-0.39, 0.29) is 5.84 Å². The van der Waals surface area contributed by atoms with Crippen LogP contribution in [0.5, 0.6) is 0 Å². The fourth-order valence-electron chi connectivity index (χ4n) is 1.65. The molecule has 1 heterocycles. The van der Waals surface area contributed by atoms with E-state index in [0.29, 0.717) is 0 Å². The van der Waals surface area contributed by atoms with Gasteiger partial charge in [-0.15, -0.1) is 23.1 Å². The van der Waals surface area contributed by atoms with Crippen LogP contribution in [0.15, 0.2) is 42.9 Å². The van der Waals surface area contributed by atoms with Crippen molar-refractivity contribution in [1.82, 2.24) is 4.98 Å². The van der Waals surface area contributed by atoms with Crippen molar-refractivity contribution in [3.05, 3.63) is 34.8 Å². The topological polar surface area (TPSA) is 71.5 Å². The number of oxime groups is 1. The van der Waals surface area contributed by atoms with E-state index in [0.717, 1.165) is 31.1 Å². The summed E-state index contributed by atoms with van der Waals surface area (Å²) in [5.41, 5.74) is 7.62. The molecule has 0 atom stereocenters. The monoisotopic (exact) mass is 325 g/mol.